The fraction of sp³-hybridized carbons (Fsp3) is 0.267. The topological polar surface area (TPSA) is 126 Å². The zero-order valence-electron chi connectivity index (χ0n) is 12.7. The third-order valence-corrected chi connectivity index (χ3v) is 4.68. The van der Waals surface area contributed by atoms with Crippen LogP contribution in [0.1, 0.15) is 24.7 Å². The van der Waals surface area contributed by atoms with E-state index in [1.807, 2.05) is 24.3 Å². The second-order valence-electron chi connectivity index (χ2n) is 5.57. The predicted molar refractivity (Wildman–Crippen MR) is 92.5 cm³/mol. The summed E-state index contributed by atoms with van der Waals surface area (Å²) in [6.45, 7) is 0. The van der Waals surface area contributed by atoms with E-state index in [9.17, 15) is 4.79 Å². The smallest absolute Gasteiger partial charge is 0.262 e. The first-order valence-corrected chi connectivity index (χ1v) is 8.50. The lowest BCUT2D eigenvalue weighted by Crippen LogP contribution is -2.22. The molecule has 8 nitrogen and oxygen atoms in total. The van der Waals surface area contributed by atoms with Gasteiger partial charge < -0.3 is 11.5 Å². The van der Waals surface area contributed by atoms with Gasteiger partial charge in [-0.15, -0.1) is 0 Å². The molecule has 122 valence electrons. The maximum atomic E-state index is 12.8. The van der Waals surface area contributed by atoms with Gasteiger partial charge in [0.05, 0.1) is 16.7 Å². The maximum absolute atomic E-state index is 12.8. The van der Waals surface area contributed by atoms with Crippen LogP contribution >= 0.6 is 11.8 Å². The number of nitrogens with two attached hydrogens (primary N) is 2. The lowest BCUT2D eigenvalue weighted by Gasteiger charge is -2.12. The Kier molecular flexibility index (Phi) is 3.57. The minimum absolute atomic E-state index is 0.000254. The van der Waals surface area contributed by atoms with Crippen molar-refractivity contribution in [2.75, 3.05) is 11.5 Å². The van der Waals surface area contributed by atoms with Crippen molar-refractivity contribution in [3.8, 4) is 0 Å². The van der Waals surface area contributed by atoms with Crippen LogP contribution in [-0.2, 0) is 5.75 Å². The molecular weight excluding hydrogens is 326 g/mol. The van der Waals surface area contributed by atoms with Gasteiger partial charge in [0.25, 0.3) is 5.56 Å². The van der Waals surface area contributed by atoms with Crippen LogP contribution in [0, 0.1) is 0 Å². The van der Waals surface area contributed by atoms with E-state index in [0.717, 1.165) is 12.8 Å². The molecule has 1 aromatic carbocycles. The quantitative estimate of drug-likeness (QED) is 0.538. The minimum Gasteiger partial charge on any atom is -0.368 e. The van der Waals surface area contributed by atoms with Gasteiger partial charge in [-0.3, -0.25) is 9.36 Å². The van der Waals surface area contributed by atoms with Gasteiger partial charge in [0.2, 0.25) is 11.9 Å². The molecule has 0 atom stereocenters. The molecule has 2 aromatic heterocycles. The van der Waals surface area contributed by atoms with Gasteiger partial charge in [0.15, 0.2) is 5.16 Å². The minimum atomic E-state index is 0.000254. The molecule has 1 saturated carbocycles. The normalized spacial score (nSPS) is 14.2. The summed E-state index contributed by atoms with van der Waals surface area (Å²) in [6, 6.07) is 7.61. The molecule has 24 heavy (non-hydrogen) atoms. The molecule has 1 aliphatic carbocycles. The van der Waals surface area contributed by atoms with E-state index in [4.69, 9.17) is 11.5 Å². The summed E-state index contributed by atoms with van der Waals surface area (Å²) in [5, 5.41) is 1.31. The van der Waals surface area contributed by atoms with Gasteiger partial charge in [-0.05, 0) is 25.0 Å². The van der Waals surface area contributed by atoms with E-state index in [1.165, 1.54) is 11.8 Å². The number of rotatable bonds is 4. The molecule has 0 unspecified atom stereocenters. The van der Waals surface area contributed by atoms with Gasteiger partial charge in [-0.25, -0.2) is 4.98 Å². The molecule has 3 aromatic rings. The van der Waals surface area contributed by atoms with Gasteiger partial charge in [0.1, 0.15) is 5.82 Å². The third kappa shape index (κ3) is 2.78. The lowest BCUT2D eigenvalue weighted by molar-refractivity contribution is 0.617. The third-order valence-electron chi connectivity index (χ3n) is 3.73. The van der Waals surface area contributed by atoms with Crippen LogP contribution in [0.3, 0.4) is 0 Å². The summed E-state index contributed by atoms with van der Waals surface area (Å²) in [5.74, 6) is 1.05. The fourth-order valence-electron chi connectivity index (χ4n) is 2.53. The molecule has 0 bridgehead atoms. The highest BCUT2D eigenvalue weighted by molar-refractivity contribution is 7.98. The number of hydrogen-bond donors (Lipinski definition) is 2. The van der Waals surface area contributed by atoms with Crippen molar-refractivity contribution < 1.29 is 0 Å². The second kappa shape index (κ2) is 5.75. The van der Waals surface area contributed by atoms with Crippen molar-refractivity contribution in [2.24, 2.45) is 0 Å². The van der Waals surface area contributed by atoms with E-state index in [2.05, 4.69) is 19.9 Å². The molecule has 4 N–H and O–H groups in total. The average Bonchev–Trinajstić information content (AvgIpc) is 3.37. The summed E-state index contributed by atoms with van der Waals surface area (Å²) < 4.78 is 1.78. The molecular formula is C15H15N7OS. The zero-order chi connectivity index (χ0) is 16.7. The van der Waals surface area contributed by atoms with Crippen molar-refractivity contribution in [3.63, 3.8) is 0 Å². The molecule has 9 heteroatoms. The number of hydrogen-bond acceptors (Lipinski definition) is 8. The van der Waals surface area contributed by atoms with Crippen molar-refractivity contribution >= 4 is 34.6 Å². The Hall–Kier alpha value is -2.68. The molecule has 0 aliphatic heterocycles. The van der Waals surface area contributed by atoms with Gasteiger partial charge >= 0.3 is 0 Å². The van der Waals surface area contributed by atoms with Crippen LogP contribution in [0.15, 0.2) is 34.2 Å². The van der Waals surface area contributed by atoms with Crippen LogP contribution in [-0.4, -0.2) is 24.5 Å². The second-order valence-corrected chi connectivity index (χ2v) is 6.52. The van der Waals surface area contributed by atoms with E-state index in [0.29, 0.717) is 27.6 Å². The Morgan fingerprint density at radius 2 is 1.79 bits per heavy atom. The number of fused-ring (bicyclic) bond motifs is 1. The molecule has 1 fully saturated rings. The number of para-hydroxylation sites is 1. The van der Waals surface area contributed by atoms with Crippen LogP contribution in [0.25, 0.3) is 10.9 Å². The Morgan fingerprint density at radius 1 is 1.08 bits per heavy atom. The number of aromatic nitrogens is 5. The van der Waals surface area contributed by atoms with Crippen molar-refractivity contribution in [3.05, 3.63) is 40.4 Å². The Morgan fingerprint density at radius 3 is 2.50 bits per heavy atom. The van der Waals surface area contributed by atoms with Gasteiger partial charge in [-0.2, -0.15) is 15.0 Å². The molecule has 0 saturated heterocycles. The molecule has 4 rings (SSSR count). The highest BCUT2D eigenvalue weighted by Crippen LogP contribution is 2.37. The SMILES string of the molecule is Nc1nc(N)nc(CSc2nc3ccccc3c(=O)n2C2CC2)n1. The monoisotopic (exact) mass is 341 g/mol. The first kappa shape index (κ1) is 14.9. The first-order valence-electron chi connectivity index (χ1n) is 7.52. The lowest BCUT2D eigenvalue weighted by atomic mass is 10.2. The fourth-order valence-corrected chi connectivity index (χ4v) is 3.45. The molecule has 0 radical (unpaired) electrons. The maximum Gasteiger partial charge on any atom is 0.262 e. The summed E-state index contributed by atoms with van der Waals surface area (Å²) >= 11 is 1.40. The Labute approximate surface area is 141 Å². The van der Waals surface area contributed by atoms with E-state index in [1.54, 1.807) is 4.57 Å². The summed E-state index contributed by atoms with van der Waals surface area (Å²) in [4.78, 5) is 29.3. The van der Waals surface area contributed by atoms with Crippen molar-refractivity contribution in [1.29, 1.82) is 0 Å². The van der Waals surface area contributed by atoms with Crippen LogP contribution < -0.4 is 17.0 Å². The molecule has 2 heterocycles. The van der Waals surface area contributed by atoms with Crippen molar-refractivity contribution in [1.82, 2.24) is 24.5 Å². The summed E-state index contributed by atoms with van der Waals surface area (Å²) in [7, 11) is 0. The summed E-state index contributed by atoms with van der Waals surface area (Å²) in [6.07, 6.45) is 2.00. The number of nitrogens with zero attached hydrogens (tertiary/aromatic N) is 5. The number of benzene rings is 1. The van der Waals surface area contributed by atoms with E-state index < -0.39 is 0 Å². The van der Waals surface area contributed by atoms with E-state index in [-0.39, 0.29) is 23.5 Å². The van der Waals surface area contributed by atoms with Crippen molar-refractivity contribution in [2.45, 2.75) is 29.8 Å². The van der Waals surface area contributed by atoms with Crippen LogP contribution in [0.2, 0.25) is 0 Å². The molecule has 0 amide bonds. The van der Waals surface area contributed by atoms with E-state index >= 15 is 0 Å². The zero-order valence-corrected chi connectivity index (χ0v) is 13.5. The summed E-state index contributed by atoms with van der Waals surface area (Å²) in [5.41, 5.74) is 11.9. The number of thioether (sulfide) groups is 1. The van der Waals surface area contributed by atoms with Gasteiger partial charge in [0, 0.05) is 6.04 Å². The van der Waals surface area contributed by atoms with Gasteiger partial charge in [-0.1, -0.05) is 23.9 Å². The predicted octanol–water partition coefficient (Wildman–Crippen LogP) is 1.37. The first-order chi connectivity index (χ1) is 11.6. The Balaban J connectivity index is 1.73. The highest BCUT2D eigenvalue weighted by Gasteiger charge is 2.28. The standard InChI is InChI=1S/C15H15N7OS/c16-13-19-11(20-14(17)21-13)7-24-15-18-10-4-2-1-3-9(10)12(23)22(15)8-5-6-8/h1-4,8H,5-7H2,(H4,16,17,19,20,21). The van der Waals surface area contributed by atoms with Crippen LogP contribution in [0.4, 0.5) is 11.9 Å². The molecule has 1 aliphatic rings. The highest BCUT2D eigenvalue weighted by atomic mass is 32.2. The largest absolute Gasteiger partial charge is 0.368 e. The van der Waals surface area contributed by atoms with Crippen LogP contribution in [0.5, 0.6) is 0 Å². The number of nitrogen functional groups attached to an aromatic ring is 2. The Bertz CT molecular complexity index is 963. The average molecular weight is 341 g/mol. The molecule has 0 spiro atoms. The number of anilines is 2.